The lowest BCUT2D eigenvalue weighted by Gasteiger charge is -2.32. The molecule has 2 aromatic rings. The number of hydrogen-bond acceptors (Lipinski definition) is 4. The number of rotatable bonds is 6. The number of carbonyl (C=O) groups excluding carboxylic acids is 1. The molecule has 4 rings (SSSR count). The van der Waals surface area contributed by atoms with Crippen LogP contribution < -0.4 is 15.5 Å². The van der Waals surface area contributed by atoms with Crippen LogP contribution in [0.3, 0.4) is 0 Å². The molecule has 2 N–H and O–H groups in total. The summed E-state index contributed by atoms with van der Waals surface area (Å²) in [7, 11) is 1.80. The fourth-order valence-corrected chi connectivity index (χ4v) is 5.01. The molecule has 0 spiro atoms. The van der Waals surface area contributed by atoms with Gasteiger partial charge in [0, 0.05) is 43.7 Å². The lowest BCUT2D eigenvalue weighted by Crippen LogP contribution is -2.47. The Morgan fingerprint density at radius 1 is 1.17 bits per heavy atom. The van der Waals surface area contributed by atoms with E-state index in [0.717, 1.165) is 37.8 Å². The minimum Gasteiger partial charge on any atom is -0.356 e. The summed E-state index contributed by atoms with van der Waals surface area (Å²) >= 11 is 1.84. The average Bonchev–Trinajstić information content (AvgIpc) is 3.42. The van der Waals surface area contributed by atoms with E-state index in [1.54, 1.807) is 7.05 Å². The van der Waals surface area contributed by atoms with Crippen molar-refractivity contribution in [2.45, 2.75) is 31.8 Å². The third kappa shape index (κ3) is 5.40. The largest absolute Gasteiger partial charge is 0.356 e. The highest BCUT2D eigenvalue weighted by atomic mass is 32.1. The molecule has 1 aromatic carbocycles. The summed E-state index contributed by atoms with van der Waals surface area (Å²) < 4.78 is 0. The van der Waals surface area contributed by atoms with Gasteiger partial charge in [0.25, 0.3) is 0 Å². The number of nitrogens with one attached hydrogen (secondary N) is 2. The van der Waals surface area contributed by atoms with Gasteiger partial charge in [-0.3, -0.25) is 14.7 Å². The first kappa shape index (κ1) is 20.9. The maximum Gasteiger partial charge on any atom is 0.229 e. The van der Waals surface area contributed by atoms with Crippen molar-refractivity contribution in [2.75, 3.05) is 38.1 Å². The van der Waals surface area contributed by atoms with Gasteiger partial charge in [-0.2, -0.15) is 0 Å². The molecule has 160 valence electrons. The fraction of sp³-hybridized carbons (Fsp3) is 0.478. The molecule has 3 heterocycles. The van der Waals surface area contributed by atoms with Crippen molar-refractivity contribution in [1.82, 2.24) is 15.5 Å². The fourth-order valence-electron chi connectivity index (χ4n) is 4.26. The molecule has 7 heteroatoms. The number of anilines is 1. The van der Waals surface area contributed by atoms with E-state index in [1.807, 2.05) is 46.6 Å². The van der Waals surface area contributed by atoms with Crippen LogP contribution in [0.1, 0.15) is 24.1 Å². The minimum absolute atomic E-state index is 0.0801. The Labute approximate surface area is 183 Å². The van der Waals surface area contributed by atoms with E-state index in [0.29, 0.717) is 18.9 Å². The number of thiophene rings is 1. The van der Waals surface area contributed by atoms with Gasteiger partial charge < -0.3 is 15.5 Å². The molecule has 1 amide bonds. The molecule has 1 atom stereocenters. The van der Waals surface area contributed by atoms with Crippen molar-refractivity contribution < 1.29 is 4.79 Å². The molecule has 2 aliphatic rings. The smallest absolute Gasteiger partial charge is 0.229 e. The number of hydrogen-bond donors (Lipinski definition) is 2. The van der Waals surface area contributed by atoms with Crippen LogP contribution in [0, 0.1) is 5.92 Å². The van der Waals surface area contributed by atoms with E-state index >= 15 is 0 Å². The number of likely N-dealkylation sites (tertiary alicyclic amines) is 1. The third-order valence-corrected chi connectivity index (χ3v) is 6.84. The van der Waals surface area contributed by atoms with Crippen molar-refractivity contribution in [1.29, 1.82) is 0 Å². The Kier molecular flexibility index (Phi) is 7.02. The summed E-state index contributed by atoms with van der Waals surface area (Å²) in [5.74, 6) is 1.62. The number of guanidine groups is 1. The van der Waals surface area contributed by atoms with Gasteiger partial charge in [0.15, 0.2) is 5.96 Å². The van der Waals surface area contributed by atoms with Gasteiger partial charge >= 0.3 is 0 Å². The summed E-state index contributed by atoms with van der Waals surface area (Å²) in [5.41, 5.74) is 0.962. The molecule has 1 aromatic heterocycles. The van der Waals surface area contributed by atoms with Crippen LogP contribution in [0.15, 0.2) is 52.8 Å². The Bertz CT molecular complexity index is 831. The number of amides is 1. The second kappa shape index (κ2) is 10.1. The number of nitrogens with zero attached hydrogens (tertiary/aromatic N) is 3. The molecule has 0 radical (unpaired) electrons. The number of para-hydroxylation sites is 1. The maximum absolute atomic E-state index is 12.4. The molecule has 0 bridgehead atoms. The highest BCUT2D eigenvalue weighted by Crippen LogP contribution is 2.22. The summed E-state index contributed by atoms with van der Waals surface area (Å²) in [6.07, 6.45) is 2.91. The predicted octanol–water partition coefficient (Wildman–Crippen LogP) is 2.93. The molecule has 1 unspecified atom stereocenters. The molecular weight excluding hydrogens is 394 g/mol. The van der Waals surface area contributed by atoms with Crippen molar-refractivity contribution in [3.05, 3.63) is 52.7 Å². The van der Waals surface area contributed by atoms with Crippen molar-refractivity contribution in [3.8, 4) is 0 Å². The molecule has 0 saturated carbocycles. The number of carbonyl (C=O) groups is 1. The van der Waals surface area contributed by atoms with Gasteiger partial charge in [-0.1, -0.05) is 24.3 Å². The van der Waals surface area contributed by atoms with Crippen LogP contribution in [0.2, 0.25) is 0 Å². The van der Waals surface area contributed by atoms with Crippen LogP contribution in [0.25, 0.3) is 0 Å². The maximum atomic E-state index is 12.4. The second-order valence-electron chi connectivity index (χ2n) is 8.14. The molecule has 2 fully saturated rings. The van der Waals surface area contributed by atoms with Crippen molar-refractivity contribution in [3.63, 3.8) is 0 Å². The van der Waals surface area contributed by atoms with Crippen LogP contribution in [0.4, 0.5) is 5.69 Å². The van der Waals surface area contributed by atoms with Gasteiger partial charge in [0.2, 0.25) is 5.91 Å². The molecule has 2 saturated heterocycles. The van der Waals surface area contributed by atoms with Crippen molar-refractivity contribution in [2.24, 2.45) is 10.9 Å². The summed E-state index contributed by atoms with van der Waals surface area (Å²) in [4.78, 5) is 22.7. The quantitative estimate of drug-likeness (QED) is 0.552. The lowest BCUT2D eigenvalue weighted by molar-refractivity contribution is -0.117. The second-order valence-corrected chi connectivity index (χ2v) is 9.17. The normalized spacial score (nSPS) is 21.2. The van der Waals surface area contributed by atoms with Gasteiger partial charge in [-0.25, -0.2) is 0 Å². The predicted molar refractivity (Wildman–Crippen MR) is 124 cm³/mol. The van der Waals surface area contributed by atoms with Gasteiger partial charge in [-0.05, 0) is 55.4 Å². The molecule has 30 heavy (non-hydrogen) atoms. The summed E-state index contributed by atoms with van der Waals surface area (Å²) in [5, 5.41) is 9.08. The van der Waals surface area contributed by atoms with E-state index in [1.165, 1.54) is 17.7 Å². The highest BCUT2D eigenvalue weighted by molar-refractivity contribution is 7.09. The van der Waals surface area contributed by atoms with Crippen molar-refractivity contribution >= 4 is 28.9 Å². The van der Waals surface area contributed by atoms with Crippen LogP contribution in [-0.2, 0) is 11.3 Å². The Morgan fingerprint density at radius 2 is 1.97 bits per heavy atom. The first-order valence-electron chi connectivity index (χ1n) is 10.8. The first-order valence-corrected chi connectivity index (χ1v) is 11.7. The van der Waals surface area contributed by atoms with Gasteiger partial charge in [0.1, 0.15) is 0 Å². The third-order valence-electron chi connectivity index (χ3n) is 5.98. The SMILES string of the molecule is CN=C(NCC1CCN(Cc2cccs2)CC1)NC1CC(=O)N(c2ccccc2)C1. The van der Waals surface area contributed by atoms with E-state index in [4.69, 9.17) is 0 Å². The average molecular weight is 426 g/mol. The highest BCUT2D eigenvalue weighted by Gasteiger charge is 2.31. The minimum atomic E-state index is 0.0801. The number of piperidine rings is 1. The van der Waals surface area contributed by atoms with Gasteiger partial charge in [-0.15, -0.1) is 11.3 Å². The number of aliphatic imine (C=N–C) groups is 1. The van der Waals surface area contributed by atoms with Gasteiger partial charge in [0.05, 0.1) is 6.04 Å². The Morgan fingerprint density at radius 3 is 2.67 bits per heavy atom. The summed E-state index contributed by atoms with van der Waals surface area (Å²) in [6, 6.07) is 14.3. The lowest BCUT2D eigenvalue weighted by atomic mass is 9.97. The standard InChI is InChI=1S/C23H31N5OS/c1-24-23(26-19-14-22(29)28(16-19)20-6-3-2-4-7-20)25-15-18-9-11-27(12-10-18)17-21-8-5-13-30-21/h2-8,13,18-19H,9-12,14-17H2,1H3,(H2,24,25,26). The Balaban J connectivity index is 1.20. The first-order chi connectivity index (χ1) is 14.7. The molecule has 2 aliphatic heterocycles. The molecular formula is C23H31N5OS. The van der Waals surface area contributed by atoms with Crippen LogP contribution in [0.5, 0.6) is 0 Å². The molecule has 0 aliphatic carbocycles. The number of benzene rings is 1. The zero-order valence-corrected chi connectivity index (χ0v) is 18.4. The monoisotopic (exact) mass is 425 g/mol. The zero-order chi connectivity index (χ0) is 20.8. The topological polar surface area (TPSA) is 60.0 Å². The van der Waals surface area contributed by atoms with E-state index in [9.17, 15) is 4.79 Å². The Hall–Kier alpha value is -2.38. The van der Waals surface area contributed by atoms with Crippen LogP contribution >= 0.6 is 11.3 Å². The zero-order valence-electron chi connectivity index (χ0n) is 17.6. The van der Waals surface area contributed by atoms with Crippen LogP contribution in [-0.4, -0.2) is 56.0 Å². The van der Waals surface area contributed by atoms with E-state index in [2.05, 4.69) is 38.0 Å². The summed E-state index contributed by atoms with van der Waals surface area (Å²) in [6.45, 7) is 4.98. The van der Waals surface area contributed by atoms with E-state index in [-0.39, 0.29) is 11.9 Å². The molecule has 6 nitrogen and oxygen atoms in total. The van der Waals surface area contributed by atoms with E-state index < -0.39 is 0 Å².